The minimum absolute atomic E-state index is 0.190. The van der Waals surface area contributed by atoms with Crippen LogP contribution >= 0.6 is 0 Å². The predicted octanol–water partition coefficient (Wildman–Crippen LogP) is 4.37. The summed E-state index contributed by atoms with van der Waals surface area (Å²) in [5, 5.41) is 0. The van der Waals surface area contributed by atoms with Crippen molar-refractivity contribution < 1.29 is 4.79 Å². The first-order valence-electron chi connectivity index (χ1n) is 5.75. The third-order valence-electron chi connectivity index (χ3n) is 2.46. The van der Waals surface area contributed by atoms with Crippen molar-refractivity contribution in [1.82, 2.24) is 0 Å². The average Bonchev–Trinajstić information content (AvgIpc) is 1.92. The Morgan fingerprint density at radius 1 is 1.00 bits per heavy atom. The van der Waals surface area contributed by atoms with E-state index in [2.05, 4.69) is 47.6 Å². The molecule has 0 rings (SSSR count). The highest BCUT2D eigenvalue weighted by atomic mass is 16.1. The summed E-state index contributed by atoms with van der Waals surface area (Å²) >= 11 is 0. The molecule has 0 spiro atoms. The number of carbonyl (C=O) groups excluding carboxylic acids is 1. The molecule has 88 valence electrons. The molecule has 0 unspecified atom stereocenters. The molecule has 0 saturated carbocycles. The van der Waals surface area contributed by atoms with Crippen LogP contribution in [0, 0.1) is 10.8 Å². The Morgan fingerprint density at radius 2 is 1.40 bits per heavy atom. The topological polar surface area (TPSA) is 17.1 Å². The van der Waals surface area contributed by atoms with Crippen molar-refractivity contribution >= 4 is 5.78 Å². The molecule has 0 bridgehead atoms. The largest absolute Gasteiger partial charge is 0.300 e. The summed E-state index contributed by atoms with van der Waals surface area (Å²) in [6.45, 7) is 15.1. The molecule has 1 nitrogen and oxygen atoms in total. The van der Waals surface area contributed by atoms with Gasteiger partial charge in [-0.1, -0.05) is 53.2 Å². The van der Waals surface area contributed by atoms with Gasteiger partial charge in [0.1, 0.15) is 5.78 Å². The summed E-state index contributed by atoms with van der Waals surface area (Å²) < 4.78 is 0. The van der Waals surface area contributed by atoms with Crippen LogP contribution in [0.4, 0.5) is 0 Å². The number of carbonyl (C=O) groups is 1. The summed E-state index contributed by atoms with van der Waals surface area (Å²) in [5.74, 6) is 0.272. The van der Waals surface area contributed by atoms with E-state index >= 15 is 0 Å². The number of Topliss-reactive ketones (excluding diaryl/α,β-unsaturated/α-hetero) is 1. The Balaban J connectivity index is 4.74. The molecule has 1 heteroatoms. The van der Waals surface area contributed by atoms with E-state index in [9.17, 15) is 4.79 Å². The van der Waals surface area contributed by atoms with E-state index in [1.165, 1.54) is 5.57 Å². The second-order valence-corrected chi connectivity index (χ2v) is 6.36. The predicted molar refractivity (Wildman–Crippen MR) is 66.9 cm³/mol. The number of hydrogen-bond donors (Lipinski definition) is 0. The van der Waals surface area contributed by atoms with Gasteiger partial charge >= 0.3 is 0 Å². The maximum absolute atomic E-state index is 10.9. The van der Waals surface area contributed by atoms with E-state index in [1.54, 1.807) is 6.92 Å². The monoisotopic (exact) mass is 210 g/mol. The van der Waals surface area contributed by atoms with Crippen molar-refractivity contribution in [2.45, 2.75) is 61.3 Å². The van der Waals surface area contributed by atoms with Crippen molar-refractivity contribution in [1.29, 1.82) is 0 Å². The summed E-state index contributed by atoms with van der Waals surface area (Å²) in [5.41, 5.74) is 1.82. The average molecular weight is 210 g/mol. The zero-order valence-electron chi connectivity index (χ0n) is 11.4. The van der Waals surface area contributed by atoms with Gasteiger partial charge < -0.3 is 4.79 Å². The van der Waals surface area contributed by atoms with Gasteiger partial charge in [0, 0.05) is 6.42 Å². The molecule has 0 radical (unpaired) electrons. The molecule has 15 heavy (non-hydrogen) atoms. The normalized spacial score (nSPS) is 12.5. The molecule has 0 amide bonds. The van der Waals surface area contributed by atoms with Crippen LogP contribution < -0.4 is 0 Å². The van der Waals surface area contributed by atoms with Gasteiger partial charge in [0.25, 0.3) is 0 Å². The maximum Gasteiger partial charge on any atom is 0.130 e. The minimum atomic E-state index is 0.190. The molecule has 0 N–H and O–H groups in total. The lowest BCUT2D eigenvalue weighted by Gasteiger charge is -2.34. The van der Waals surface area contributed by atoms with E-state index < -0.39 is 0 Å². The van der Waals surface area contributed by atoms with Crippen LogP contribution in [0.5, 0.6) is 0 Å². The van der Waals surface area contributed by atoms with E-state index in [4.69, 9.17) is 0 Å². The SMILES string of the molecule is CC(=O)CCC=C(C(C)(C)C)C(C)(C)C. The quantitative estimate of drug-likeness (QED) is 0.632. The van der Waals surface area contributed by atoms with Gasteiger partial charge in [0.05, 0.1) is 0 Å². The van der Waals surface area contributed by atoms with Gasteiger partial charge in [-0.3, -0.25) is 0 Å². The van der Waals surface area contributed by atoms with Crippen molar-refractivity contribution in [3.8, 4) is 0 Å². The number of hydrogen-bond acceptors (Lipinski definition) is 1. The lowest BCUT2D eigenvalue weighted by atomic mass is 9.71. The zero-order valence-corrected chi connectivity index (χ0v) is 11.4. The minimum Gasteiger partial charge on any atom is -0.300 e. The lowest BCUT2D eigenvalue weighted by Crippen LogP contribution is -2.22. The molecule has 0 fully saturated rings. The highest BCUT2D eigenvalue weighted by Crippen LogP contribution is 2.39. The molecule has 0 aliphatic carbocycles. The molecule has 0 aromatic carbocycles. The molecule has 0 aliphatic heterocycles. The third-order valence-corrected chi connectivity index (χ3v) is 2.46. The second kappa shape index (κ2) is 4.96. The Labute approximate surface area is 95.0 Å². The van der Waals surface area contributed by atoms with Crippen molar-refractivity contribution in [3.05, 3.63) is 11.6 Å². The van der Waals surface area contributed by atoms with Gasteiger partial charge in [-0.25, -0.2) is 0 Å². The molecule has 0 atom stereocenters. The van der Waals surface area contributed by atoms with E-state index in [1.807, 2.05) is 0 Å². The Hall–Kier alpha value is -0.590. The summed E-state index contributed by atoms with van der Waals surface area (Å²) in [7, 11) is 0. The Morgan fingerprint density at radius 3 is 1.67 bits per heavy atom. The molecule has 0 aromatic rings. The highest BCUT2D eigenvalue weighted by molar-refractivity contribution is 5.75. The fraction of sp³-hybridized carbons (Fsp3) is 0.786. The van der Waals surface area contributed by atoms with Crippen LogP contribution in [-0.4, -0.2) is 5.78 Å². The standard InChI is InChI=1S/C14H26O/c1-11(15)9-8-10-12(13(2,3)4)14(5,6)7/h10H,8-9H2,1-7H3. The van der Waals surface area contributed by atoms with Gasteiger partial charge in [0.2, 0.25) is 0 Å². The fourth-order valence-electron chi connectivity index (χ4n) is 2.16. The summed E-state index contributed by atoms with van der Waals surface area (Å²) in [6, 6.07) is 0. The molecular formula is C14H26O. The Bertz CT molecular complexity index is 229. The zero-order chi connectivity index (χ0) is 12.3. The van der Waals surface area contributed by atoms with E-state index in [0.717, 1.165) is 6.42 Å². The van der Waals surface area contributed by atoms with Gasteiger partial charge in [-0.05, 0) is 24.2 Å². The second-order valence-electron chi connectivity index (χ2n) is 6.36. The van der Waals surface area contributed by atoms with E-state index in [0.29, 0.717) is 6.42 Å². The molecule has 0 heterocycles. The lowest BCUT2D eigenvalue weighted by molar-refractivity contribution is -0.116. The van der Waals surface area contributed by atoms with Crippen LogP contribution in [0.15, 0.2) is 11.6 Å². The molecule has 0 saturated heterocycles. The number of allylic oxidation sites excluding steroid dienone is 2. The van der Waals surface area contributed by atoms with Crippen molar-refractivity contribution in [3.63, 3.8) is 0 Å². The fourth-order valence-corrected chi connectivity index (χ4v) is 2.16. The first-order valence-corrected chi connectivity index (χ1v) is 5.75. The van der Waals surface area contributed by atoms with Crippen LogP contribution in [0.3, 0.4) is 0 Å². The van der Waals surface area contributed by atoms with Crippen molar-refractivity contribution in [2.75, 3.05) is 0 Å². The van der Waals surface area contributed by atoms with Gasteiger partial charge in [-0.2, -0.15) is 0 Å². The summed E-state index contributed by atoms with van der Waals surface area (Å²) in [4.78, 5) is 10.9. The van der Waals surface area contributed by atoms with Gasteiger partial charge in [0.15, 0.2) is 0 Å². The first kappa shape index (κ1) is 14.4. The smallest absolute Gasteiger partial charge is 0.130 e. The van der Waals surface area contributed by atoms with Crippen LogP contribution in [0.2, 0.25) is 0 Å². The van der Waals surface area contributed by atoms with Crippen molar-refractivity contribution in [2.24, 2.45) is 10.8 Å². The molecule has 0 aliphatic rings. The maximum atomic E-state index is 10.9. The molecular weight excluding hydrogens is 184 g/mol. The molecule has 0 aromatic heterocycles. The van der Waals surface area contributed by atoms with E-state index in [-0.39, 0.29) is 16.6 Å². The number of ketones is 1. The van der Waals surface area contributed by atoms with Crippen LogP contribution in [-0.2, 0) is 4.79 Å². The third kappa shape index (κ3) is 5.76. The highest BCUT2D eigenvalue weighted by Gasteiger charge is 2.27. The summed E-state index contributed by atoms with van der Waals surface area (Å²) in [6.07, 6.45) is 3.79. The van der Waals surface area contributed by atoms with Gasteiger partial charge in [-0.15, -0.1) is 0 Å². The first-order chi connectivity index (χ1) is 6.55. The van der Waals surface area contributed by atoms with Crippen LogP contribution in [0.1, 0.15) is 61.3 Å². The van der Waals surface area contributed by atoms with Crippen LogP contribution in [0.25, 0.3) is 0 Å². The Kier molecular flexibility index (Phi) is 4.76. The number of rotatable bonds is 3.